The van der Waals surface area contributed by atoms with E-state index in [1.165, 1.54) is 48.0 Å². The summed E-state index contributed by atoms with van der Waals surface area (Å²) in [6.07, 6.45) is 7.77. The second kappa shape index (κ2) is 12.4. The number of hydrogen-bond donors (Lipinski definition) is 0. The molecule has 1 fully saturated rings. The predicted molar refractivity (Wildman–Crippen MR) is 164 cm³/mol. The maximum Gasteiger partial charge on any atom is 0.215 e. The summed E-state index contributed by atoms with van der Waals surface area (Å²) in [5.74, 6) is 1.69. The Morgan fingerprint density at radius 2 is 1.88 bits per heavy atom. The van der Waals surface area contributed by atoms with Crippen molar-refractivity contribution in [2.24, 2.45) is 5.92 Å². The average molecular weight is 583 g/mol. The molecule has 2 aliphatic rings. The van der Waals surface area contributed by atoms with E-state index in [-0.39, 0.29) is 12.2 Å². The van der Waals surface area contributed by atoms with Crippen molar-refractivity contribution >= 4 is 16.9 Å². The number of pyridine rings is 1. The van der Waals surface area contributed by atoms with Crippen LogP contribution in [0.25, 0.3) is 11.0 Å². The zero-order valence-corrected chi connectivity index (χ0v) is 24.6. The van der Waals surface area contributed by atoms with E-state index < -0.39 is 11.6 Å². The lowest BCUT2D eigenvalue weighted by Crippen LogP contribution is -2.21. The molecule has 1 aliphatic carbocycles. The third-order valence-electron chi connectivity index (χ3n) is 8.00. The van der Waals surface area contributed by atoms with Crippen molar-refractivity contribution in [2.45, 2.75) is 65.9 Å². The van der Waals surface area contributed by atoms with Gasteiger partial charge in [-0.25, -0.2) is 13.8 Å². The van der Waals surface area contributed by atoms with Crippen molar-refractivity contribution in [2.75, 3.05) is 4.90 Å². The van der Waals surface area contributed by atoms with Crippen LogP contribution in [0.4, 0.5) is 14.6 Å². The number of aromatic nitrogens is 5. The first-order chi connectivity index (χ1) is 20.9. The molecule has 0 unspecified atom stereocenters. The van der Waals surface area contributed by atoms with E-state index in [4.69, 9.17) is 14.8 Å². The van der Waals surface area contributed by atoms with Gasteiger partial charge in [0.05, 0.1) is 29.8 Å². The van der Waals surface area contributed by atoms with Gasteiger partial charge in [-0.15, -0.1) is 6.58 Å². The van der Waals surface area contributed by atoms with Crippen LogP contribution in [0.2, 0.25) is 0 Å². The fraction of sp³-hybridized carbons (Fsp3) is 0.324. The van der Waals surface area contributed by atoms with Crippen molar-refractivity contribution in [3.63, 3.8) is 0 Å². The van der Waals surface area contributed by atoms with Gasteiger partial charge in [0, 0.05) is 42.5 Å². The zero-order chi connectivity index (χ0) is 29.9. The molecule has 0 spiro atoms. The first kappa shape index (κ1) is 28.6. The molecule has 0 radical (unpaired) electrons. The lowest BCUT2D eigenvalue weighted by atomic mass is 9.85. The zero-order valence-electron chi connectivity index (χ0n) is 24.6. The van der Waals surface area contributed by atoms with Gasteiger partial charge in [0.1, 0.15) is 29.9 Å². The lowest BCUT2D eigenvalue weighted by molar-refractivity contribution is 0.276. The minimum absolute atomic E-state index is 0.0273. The second-order valence-corrected chi connectivity index (χ2v) is 11.3. The molecule has 1 aliphatic heterocycles. The van der Waals surface area contributed by atoms with Gasteiger partial charge in [-0.05, 0) is 68.5 Å². The van der Waals surface area contributed by atoms with E-state index in [1.54, 1.807) is 12.1 Å². The Kier molecular flexibility index (Phi) is 8.22. The van der Waals surface area contributed by atoms with Crippen LogP contribution in [0.3, 0.4) is 0 Å². The van der Waals surface area contributed by atoms with Gasteiger partial charge in [-0.3, -0.25) is 4.68 Å². The van der Waals surface area contributed by atoms with Crippen molar-refractivity contribution in [3.8, 4) is 5.88 Å². The number of anilines is 1. The van der Waals surface area contributed by atoms with Crippen molar-refractivity contribution in [1.29, 1.82) is 0 Å². The maximum atomic E-state index is 14.0. The van der Waals surface area contributed by atoms with Gasteiger partial charge >= 0.3 is 0 Å². The highest BCUT2D eigenvalue weighted by atomic mass is 19.1. The fourth-order valence-electron chi connectivity index (χ4n) is 5.59. The number of ether oxygens (including phenoxy) is 1. The minimum atomic E-state index is -0.633. The third-order valence-corrected chi connectivity index (χ3v) is 8.00. The first-order valence-corrected chi connectivity index (χ1v) is 14.8. The van der Waals surface area contributed by atoms with E-state index in [2.05, 4.69) is 52.3 Å². The SMILES string of the molecule is C=CC.Cc1ccc2nc(Cn3cc4c(n3)CN(c3cccc(OCc5ccc(F)cc5F)n3)C4)n(CC3CCC3)c2c1. The molecule has 0 bridgehead atoms. The molecule has 7 rings (SSSR count). The molecule has 222 valence electrons. The number of hydrogen-bond acceptors (Lipinski definition) is 5. The van der Waals surface area contributed by atoms with Gasteiger partial charge in [0.25, 0.3) is 0 Å². The van der Waals surface area contributed by atoms with E-state index in [9.17, 15) is 8.78 Å². The summed E-state index contributed by atoms with van der Waals surface area (Å²) in [5, 5.41) is 4.91. The van der Waals surface area contributed by atoms with Crippen LogP contribution >= 0.6 is 0 Å². The second-order valence-electron chi connectivity index (χ2n) is 11.3. The average Bonchev–Trinajstić information content (AvgIpc) is 3.62. The van der Waals surface area contributed by atoms with Gasteiger partial charge in [-0.2, -0.15) is 10.1 Å². The van der Waals surface area contributed by atoms with Gasteiger partial charge in [-0.1, -0.05) is 24.6 Å². The molecular weight excluding hydrogens is 546 g/mol. The van der Waals surface area contributed by atoms with Gasteiger partial charge in [0.2, 0.25) is 5.88 Å². The number of aryl methyl sites for hydroxylation is 1. The highest BCUT2D eigenvalue weighted by Gasteiger charge is 2.26. The number of halogens is 2. The Morgan fingerprint density at radius 1 is 1.05 bits per heavy atom. The first-order valence-electron chi connectivity index (χ1n) is 14.8. The molecule has 4 heterocycles. The van der Waals surface area contributed by atoms with Gasteiger partial charge < -0.3 is 14.2 Å². The smallest absolute Gasteiger partial charge is 0.215 e. The molecule has 0 atom stereocenters. The molecular formula is C34H36F2N6O. The van der Waals surface area contributed by atoms with E-state index in [0.29, 0.717) is 25.5 Å². The Labute approximate surface area is 250 Å². The van der Waals surface area contributed by atoms with Crippen molar-refractivity contribution < 1.29 is 13.5 Å². The largest absolute Gasteiger partial charge is 0.473 e. The summed E-state index contributed by atoms with van der Waals surface area (Å²) >= 11 is 0. The summed E-state index contributed by atoms with van der Waals surface area (Å²) in [4.78, 5) is 11.7. The van der Waals surface area contributed by atoms with Crippen LogP contribution in [0, 0.1) is 24.5 Å². The Morgan fingerprint density at radius 3 is 2.63 bits per heavy atom. The monoisotopic (exact) mass is 582 g/mol. The van der Waals surface area contributed by atoms with Crippen LogP contribution in [0.1, 0.15) is 54.4 Å². The lowest BCUT2D eigenvalue weighted by Gasteiger charge is -2.26. The molecule has 7 nitrogen and oxygen atoms in total. The molecule has 0 amide bonds. The van der Waals surface area contributed by atoms with Crippen molar-refractivity contribution in [3.05, 3.63) is 113 Å². The minimum Gasteiger partial charge on any atom is -0.473 e. The highest BCUT2D eigenvalue weighted by Crippen LogP contribution is 2.31. The maximum absolute atomic E-state index is 14.0. The summed E-state index contributed by atoms with van der Waals surface area (Å²) in [7, 11) is 0. The fourth-order valence-corrected chi connectivity index (χ4v) is 5.59. The van der Waals surface area contributed by atoms with Crippen molar-refractivity contribution in [1.82, 2.24) is 24.3 Å². The molecule has 2 aromatic carbocycles. The quantitative estimate of drug-likeness (QED) is 0.179. The highest BCUT2D eigenvalue weighted by molar-refractivity contribution is 5.77. The normalized spacial score (nSPS) is 14.3. The molecule has 43 heavy (non-hydrogen) atoms. The standard InChI is InChI=1S/C31H30F2N6O.C3H6/c1-20-8-11-26-28(12-20)39(14-21-4-2-5-21)30(34-26)18-38-16-23-15-37(17-27(23)36-38)29-6-3-7-31(35-29)40-19-22-9-10-24(32)13-25(22)33;1-3-2/h3,6-13,16,21H,2,4-5,14-15,17-19H2,1H3;3H,1H2,2H3. The topological polar surface area (TPSA) is 61.0 Å². The number of rotatable bonds is 8. The van der Waals surface area contributed by atoms with Crippen LogP contribution in [0.15, 0.2) is 73.4 Å². The van der Waals surface area contributed by atoms with Crippen LogP contribution in [-0.4, -0.2) is 24.3 Å². The Bertz CT molecular complexity index is 1730. The summed E-state index contributed by atoms with van der Waals surface area (Å²) < 4.78 is 37.3. The number of allylic oxidation sites excluding steroid dienone is 1. The number of benzene rings is 2. The Hall–Kier alpha value is -4.53. The number of nitrogens with zero attached hydrogens (tertiary/aromatic N) is 6. The molecule has 9 heteroatoms. The van der Waals surface area contributed by atoms with Crippen LogP contribution in [0.5, 0.6) is 5.88 Å². The van der Waals surface area contributed by atoms with E-state index in [1.807, 2.05) is 23.7 Å². The van der Waals surface area contributed by atoms with Crippen LogP contribution < -0.4 is 9.64 Å². The van der Waals surface area contributed by atoms with Crippen LogP contribution in [-0.2, 0) is 32.8 Å². The Balaban J connectivity index is 0.00000105. The molecule has 3 aromatic heterocycles. The molecule has 0 saturated heterocycles. The summed E-state index contributed by atoms with van der Waals surface area (Å²) in [5.41, 5.74) is 5.97. The van der Waals surface area contributed by atoms with E-state index >= 15 is 0 Å². The summed E-state index contributed by atoms with van der Waals surface area (Å²) in [6.45, 7) is 10.3. The predicted octanol–water partition coefficient (Wildman–Crippen LogP) is 7.35. The molecule has 5 aromatic rings. The molecule has 1 saturated carbocycles. The van der Waals surface area contributed by atoms with Gasteiger partial charge in [0.15, 0.2) is 0 Å². The number of imidazole rings is 1. The third kappa shape index (κ3) is 6.30. The summed E-state index contributed by atoms with van der Waals surface area (Å²) in [6, 6.07) is 15.5. The number of fused-ring (bicyclic) bond motifs is 2. The molecule has 0 N–H and O–H groups in total. The van der Waals surface area contributed by atoms with E-state index in [0.717, 1.165) is 41.4 Å².